The third kappa shape index (κ3) is 2.15. The van der Waals surface area contributed by atoms with E-state index >= 15 is 0 Å². The normalized spacial score (nSPS) is 40.0. The maximum Gasteiger partial charge on any atom is 0.198 e. The molecule has 0 aliphatic carbocycles. The highest BCUT2D eigenvalue weighted by Crippen LogP contribution is 2.44. The van der Waals surface area contributed by atoms with Crippen molar-refractivity contribution in [1.82, 2.24) is 0 Å². The standard InChI is InChI=1S/C15H19FO4/c1-3-6-11-12(17)13-14(18-11)20-15(2,19-13)9-7-4-5-8-10(9)16/h4-5,7-8,11-14,17H,3,6H2,1-2H3/t11-,12+,13-,14-,15?/m1/s1. The van der Waals surface area contributed by atoms with Crippen molar-refractivity contribution < 1.29 is 23.7 Å². The minimum Gasteiger partial charge on any atom is -0.387 e. The second-order valence-electron chi connectivity index (χ2n) is 5.45. The third-order valence-electron chi connectivity index (χ3n) is 3.93. The Balaban J connectivity index is 1.80. The van der Waals surface area contributed by atoms with Gasteiger partial charge in [0.15, 0.2) is 12.1 Å². The fourth-order valence-electron chi connectivity index (χ4n) is 2.91. The van der Waals surface area contributed by atoms with Gasteiger partial charge in [0.25, 0.3) is 0 Å². The maximum atomic E-state index is 13.9. The highest BCUT2D eigenvalue weighted by molar-refractivity contribution is 5.23. The van der Waals surface area contributed by atoms with Crippen LogP contribution < -0.4 is 0 Å². The molecule has 5 heteroatoms. The van der Waals surface area contributed by atoms with Gasteiger partial charge in [0.1, 0.15) is 18.0 Å². The Morgan fingerprint density at radius 1 is 1.30 bits per heavy atom. The van der Waals surface area contributed by atoms with Crippen molar-refractivity contribution in [2.24, 2.45) is 0 Å². The lowest BCUT2D eigenvalue weighted by Gasteiger charge is -2.27. The van der Waals surface area contributed by atoms with Crippen LogP contribution in [0.2, 0.25) is 0 Å². The number of hydrogen-bond donors (Lipinski definition) is 1. The summed E-state index contributed by atoms with van der Waals surface area (Å²) in [5, 5.41) is 10.2. The van der Waals surface area contributed by atoms with Gasteiger partial charge < -0.3 is 19.3 Å². The van der Waals surface area contributed by atoms with Crippen LogP contribution >= 0.6 is 0 Å². The molecule has 1 aromatic rings. The van der Waals surface area contributed by atoms with Crippen molar-refractivity contribution in [2.45, 2.75) is 57.1 Å². The van der Waals surface area contributed by atoms with Gasteiger partial charge in [-0.25, -0.2) is 4.39 Å². The molecule has 2 fully saturated rings. The van der Waals surface area contributed by atoms with E-state index in [9.17, 15) is 9.50 Å². The van der Waals surface area contributed by atoms with E-state index < -0.39 is 30.1 Å². The van der Waals surface area contributed by atoms with Crippen molar-refractivity contribution in [2.75, 3.05) is 0 Å². The van der Waals surface area contributed by atoms with Gasteiger partial charge in [0.2, 0.25) is 0 Å². The first-order valence-corrected chi connectivity index (χ1v) is 6.99. The molecule has 2 heterocycles. The van der Waals surface area contributed by atoms with Crippen LogP contribution in [-0.4, -0.2) is 29.7 Å². The van der Waals surface area contributed by atoms with Crippen molar-refractivity contribution >= 4 is 0 Å². The molecule has 1 N–H and O–H groups in total. The fraction of sp³-hybridized carbons (Fsp3) is 0.600. The average molecular weight is 282 g/mol. The summed E-state index contributed by atoms with van der Waals surface area (Å²) in [6.45, 7) is 3.67. The van der Waals surface area contributed by atoms with Crippen LogP contribution in [0.5, 0.6) is 0 Å². The molecule has 1 aromatic carbocycles. The Hall–Kier alpha value is -1.01. The lowest BCUT2D eigenvalue weighted by Crippen LogP contribution is -2.35. The molecule has 2 saturated heterocycles. The number of aliphatic hydroxyl groups excluding tert-OH is 1. The minimum absolute atomic E-state index is 0.278. The predicted molar refractivity (Wildman–Crippen MR) is 69.3 cm³/mol. The van der Waals surface area contributed by atoms with E-state index in [1.807, 2.05) is 6.92 Å². The third-order valence-corrected chi connectivity index (χ3v) is 3.93. The zero-order valence-electron chi connectivity index (χ0n) is 11.6. The smallest absolute Gasteiger partial charge is 0.198 e. The molecule has 0 radical (unpaired) electrons. The molecule has 110 valence electrons. The molecular weight excluding hydrogens is 263 g/mol. The van der Waals surface area contributed by atoms with Crippen LogP contribution in [0.25, 0.3) is 0 Å². The summed E-state index contributed by atoms with van der Waals surface area (Å²) in [6.07, 6.45) is -0.584. The van der Waals surface area contributed by atoms with E-state index in [2.05, 4.69) is 0 Å². The number of rotatable bonds is 3. The Labute approximate surface area is 117 Å². The van der Waals surface area contributed by atoms with Crippen LogP contribution in [-0.2, 0) is 20.0 Å². The molecule has 0 aromatic heterocycles. The molecule has 0 spiro atoms. The van der Waals surface area contributed by atoms with Crippen LogP contribution in [0.1, 0.15) is 32.3 Å². The van der Waals surface area contributed by atoms with Gasteiger partial charge in [-0.1, -0.05) is 31.5 Å². The van der Waals surface area contributed by atoms with E-state index in [0.717, 1.165) is 12.8 Å². The largest absolute Gasteiger partial charge is 0.387 e. The molecule has 5 atom stereocenters. The van der Waals surface area contributed by atoms with E-state index in [1.165, 1.54) is 6.07 Å². The Kier molecular flexibility index (Phi) is 3.54. The summed E-state index contributed by atoms with van der Waals surface area (Å²) in [5.41, 5.74) is 0.317. The molecule has 3 rings (SSSR count). The zero-order valence-corrected chi connectivity index (χ0v) is 11.6. The molecule has 2 aliphatic rings. The zero-order chi connectivity index (χ0) is 14.3. The molecule has 4 nitrogen and oxygen atoms in total. The number of fused-ring (bicyclic) bond motifs is 1. The molecule has 2 aliphatic heterocycles. The second-order valence-corrected chi connectivity index (χ2v) is 5.45. The van der Waals surface area contributed by atoms with Crippen molar-refractivity contribution in [1.29, 1.82) is 0 Å². The highest BCUT2D eigenvalue weighted by atomic mass is 19.1. The first kappa shape index (κ1) is 13.9. The van der Waals surface area contributed by atoms with E-state index in [-0.39, 0.29) is 6.10 Å². The van der Waals surface area contributed by atoms with Gasteiger partial charge in [-0.3, -0.25) is 0 Å². The van der Waals surface area contributed by atoms with Crippen molar-refractivity contribution in [3.63, 3.8) is 0 Å². The lowest BCUT2D eigenvalue weighted by atomic mass is 10.1. The van der Waals surface area contributed by atoms with Gasteiger partial charge >= 0.3 is 0 Å². The van der Waals surface area contributed by atoms with Gasteiger partial charge in [-0.05, 0) is 19.4 Å². The van der Waals surface area contributed by atoms with Crippen molar-refractivity contribution in [3.05, 3.63) is 35.6 Å². The first-order chi connectivity index (χ1) is 9.55. The summed E-state index contributed by atoms with van der Waals surface area (Å²) in [5.74, 6) is -1.62. The second kappa shape index (κ2) is 5.07. The Bertz CT molecular complexity index is 495. The Morgan fingerprint density at radius 2 is 2.05 bits per heavy atom. The molecule has 0 saturated carbocycles. The number of ether oxygens (including phenoxy) is 3. The predicted octanol–water partition coefficient (Wildman–Crippen LogP) is 2.30. The van der Waals surface area contributed by atoms with Gasteiger partial charge in [-0.2, -0.15) is 0 Å². The van der Waals surface area contributed by atoms with Crippen LogP contribution in [0.4, 0.5) is 4.39 Å². The number of aliphatic hydroxyl groups is 1. The number of benzene rings is 1. The molecular formula is C15H19FO4. The molecule has 20 heavy (non-hydrogen) atoms. The average Bonchev–Trinajstić information content (AvgIpc) is 2.88. The number of hydrogen-bond acceptors (Lipinski definition) is 4. The Morgan fingerprint density at radius 3 is 2.70 bits per heavy atom. The molecule has 0 bridgehead atoms. The fourth-order valence-corrected chi connectivity index (χ4v) is 2.91. The summed E-state index contributed by atoms with van der Waals surface area (Å²) in [4.78, 5) is 0. The highest BCUT2D eigenvalue weighted by Gasteiger charge is 2.56. The van der Waals surface area contributed by atoms with E-state index in [1.54, 1.807) is 25.1 Å². The van der Waals surface area contributed by atoms with E-state index in [4.69, 9.17) is 14.2 Å². The topological polar surface area (TPSA) is 47.9 Å². The van der Waals surface area contributed by atoms with Crippen molar-refractivity contribution in [3.8, 4) is 0 Å². The van der Waals surface area contributed by atoms with Gasteiger partial charge in [0, 0.05) is 5.56 Å². The first-order valence-electron chi connectivity index (χ1n) is 6.99. The monoisotopic (exact) mass is 282 g/mol. The van der Waals surface area contributed by atoms with E-state index in [0.29, 0.717) is 5.56 Å². The number of halogens is 1. The maximum absolute atomic E-state index is 13.9. The molecule has 1 unspecified atom stereocenters. The lowest BCUT2D eigenvalue weighted by molar-refractivity contribution is -0.233. The van der Waals surface area contributed by atoms with Crippen LogP contribution in [0, 0.1) is 5.82 Å². The van der Waals surface area contributed by atoms with Gasteiger partial charge in [-0.15, -0.1) is 0 Å². The summed E-state index contributed by atoms with van der Waals surface area (Å²) >= 11 is 0. The van der Waals surface area contributed by atoms with Crippen LogP contribution in [0.15, 0.2) is 24.3 Å². The SMILES string of the molecule is CCC[C@H]1O[C@@H]2OC(C)(c3ccccc3F)O[C@@H]2[C@H]1O. The minimum atomic E-state index is -1.22. The molecule has 0 amide bonds. The van der Waals surface area contributed by atoms with Gasteiger partial charge in [0.05, 0.1) is 6.10 Å². The summed E-state index contributed by atoms with van der Waals surface area (Å²) in [6, 6.07) is 6.31. The summed E-state index contributed by atoms with van der Waals surface area (Å²) < 4.78 is 31.1. The van der Waals surface area contributed by atoms with Crippen LogP contribution in [0.3, 0.4) is 0 Å². The summed E-state index contributed by atoms with van der Waals surface area (Å²) in [7, 11) is 0. The quantitative estimate of drug-likeness (QED) is 0.924.